The second-order valence-corrected chi connectivity index (χ2v) is 6.38. The highest BCUT2D eigenvalue weighted by Gasteiger charge is 2.32. The Bertz CT molecular complexity index is 702. The summed E-state index contributed by atoms with van der Waals surface area (Å²) in [5, 5.41) is 10.7. The van der Waals surface area contributed by atoms with E-state index < -0.39 is 18.4 Å². The summed E-state index contributed by atoms with van der Waals surface area (Å²) in [5.74, 6) is -0.564. The van der Waals surface area contributed by atoms with E-state index in [-0.39, 0.29) is 4.32 Å². The maximum absolute atomic E-state index is 12.3. The molecule has 1 saturated heterocycles. The fourth-order valence-electron chi connectivity index (χ4n) is 2.08. The summed E-state index contributed by atoms with van der Waals surface area (Å²) < 4.78 is 11.2. The Balaban J connectivity index is 2.31. The van der Waals surface area contributed by atoms with Crippen LogP contribution in [0.5, 0.6) is 11.5 Å². The van der Waals surface area contributed by atoms with Gasteiger partial charge in [-0.25, -0.2) is 0 Å². The lowest BCUT2D eigenvalue weighted by Crippen LogP contribution is -2.40. The molecular weight excluding hydrogens is 350 g/mol. The van der Waals surface area contributed by atoms with Crippen molar-refractivity contribution in [1.82, 2.24) is 4.90 Å². The maximum atomic E-state index is 12.3. The van der Waals surface area contributed by atoms with Crippen LogP contribution in [0, 0.1) is 0 Å². The molecule has 1 aliphatic heterocycles. The smallest absolute Gasteiger partial charge is 0.266 e. The largest absolute Gasteiger partial charge is 0.548 e. The van der Waals surface area contributed by atoms with E-state index in [0.29, 0.717) is 35.2 Å². The molecule has 6 nitrogen and oxygen atoms in total. The molecule has 0 aromatic heterocycles. The van der Waals surface area contributed by atoms with Crippen LogP contribution >= 0.6 is 24.0 Å². The third-order valence-electron chi connectivity index (χ3n) is 3.04. The molecule has 1 amide bonds. The number of hydrogen-bond acceptors (Lipinski definition) is 7. The molecule has 1 aromatic rings. The van der Waals surface area contributed by atoms with Crippen LogP contribution in [-0.4, -0.2) is 40.9 Å². The van der Waals surface area contributed by atoms with Crippen molar-refractivity contribution in [3.63, 3.8) is 0 Å². The Morgan fingerprint density at radius 2 is 2.04 bits per heavy atom. The van der Waals surface area contributed by atoms with Gasteiger partial charge in [0, 0.05) is 11.6 Å². The van der Waals surface area contributed by atoms with Gasteiger partial charge < -0.3 is 19.4 Å². The summed E-state index contributed by atoms with van der Waals surface area (Å²) in [7, 11) is 0. The van der Waals surface area contributed by atoms with Crippen molar-refractivity contribution in [2.45, 2.75) is 13.8 Å². The van der Waals surface area contributed by atoms with E-state index in [0.717, 1.165) is 16.7 Å². The second kappa shape index (κ2) is 8.16. The average Bonchev–Trinajstić information content (AvgIpc) is 2.77. The van der Waals surface area contributed by atoms with E-state index in [1.165, 1.54) is 0 Å². The lowest BCUT2D eigenvalue weighted by Gasteiger charge is -2.14. The number of nitrogens with zero attached hydrogens (tertiary/aromatic N) is 1. The Hall–Kier alpha value is -2.06. The first-order valence-corrected chi connectivity index (χ1v) is 8.53. The number of rotatable bonds is 7. The van der Waals surface area contributed by atoms with Crippen molar-refractivity contribution in [3.8, 4) is 11.5 Å². The quantitative estimate of drug-likeness (QED) is 0.534. The summed E-state index contributed by atoms with van der Waals surface area (Å²) in [4.78, 5) is 24.4. The Morgan fingerprint density at radius 1 is 1.33 bits per heavy atom. The predicted molar refractivity (Wildman–Crippen MR) is 93.7 cm³/mol. The molecule has 1 aliphatic rings. The topological polar surface area (TPSA) is 78.9 Å². The van der Waals surface area contributed by atoms with Gasteiger partial charge in [-0.2, -0.15) is 0 Å². The first kappa shape index (κ1) is 18.3. The van der Waals surface area contributed by atoms with Gasteiger partial charge in [0.25, 0.3) is 5.91 Å². The van der Waals surface area contributed by atoms with Gasteiger partial charge >= 0.3 is 0 Å². The Morgan fingerprint density at radius 3 is 2.67 bits per heavy atom. The zero-order valence-electron chi connectivity index (χ0n) is 13.2. The molecule has 1 fully saturated rings. The number of ether oxygens (including phenoxy) is 2. The normalized spacial score (nSPS) is 15.9. The van der Waals surface area contributed by atoms with Crippen molar-refractivity contribution >= 4 is 46.3 Å². The van der Waals surface area contributed by atoms with Gasteiger partial charge in [0.15, 0.2) is 0 Å². The summed E-state index contributed by atoms with van der Waals surface area (Å²) in [6.07, 6.45) is 1.63. The molecule has 0 bridgehead atoms. The molecule has 0 saturated carbocycles. The van der Waals surface area contributed by atoms with Gasteiger partial charge in [-0.15, -0.1) is 0 Å². The molecule has 0 N–H and O–H groups in total. The van der Waals surface area contributed by atoms with Crippen molar-refractivity contribution in [2.75, 3.05) is 19.8 Å². The van der Waals surface area contributed by atoms with Crippen LogP contribution < -0.4 is 14.6 Å². The number of aliphatic carboxylic acids is 1. The van der Waals surface area contributed by atoms with Crippen LogP contribution in [0.1, 0.15) is 19.4 Å². The van der Waals surface area contributed by atoms with Crippen molar-refractivity contribution in [3.05, 3.63) is 28.7 Å². The number of carboxylic acid groups (broad SMARTS) is 1. The van der Waals surface area contributed by atoms with Crippen molar-refractivity contribution in [2.24, 2.45) is 0 Å². The van der Waals surface area contributed by atoms with Crippen LogP contribution in [0.25, 0.3) is 6.08 Å². The van der Waals surface area contributed by atoms with Crippen LogP contribution in [0.2, 0.25) is 0 Å². The molecule has 8 heteroatoms. The van der Waals surface area contributed by atoms with Crippen LogP contribution in [0.15, 0.2) is 23.1 Å². The summed E-state index contributed by atoms with van der Waals surface area (Å²) in [6.45, 7) is 4.19. The molecule has 0 unspecified atom stereocenters. The molecule has 0 spiro atoms. The van der Waals surface area contributed by atoms with Crippen LogP contribution in [0.3, 0.4) is 0 Å². The van der Waals surface area contributed by atoms with Gasteiger partial charge in [0.1, 0.15) is 15.8 Å². The molecule has 2 rings (SSSR count). The lowest BCUT2D eigenvalue weighted by molar-refractivity contribution is -0.305. The minimum atomic E-state index is -1.36. The summed E-state index contributed by atoms with van der Waals surface area (Å²) in [6, 6.07) is 5.31. The minimum absolute atomic E-state index is 0.194. The highest BCUT2D eigenvalue weighted by molar-refractivity contribution is 8.26. The summed E-state index contributed by atoms with van der Waals surface area (Å²) in [5.41, 5.74) is 0.689. The molecule has 1 aromatic carbocycles. The number of benzene rings is 1. The minimum Gasteiger partial charge on any atom is -0.548 e. The second-order valence-electron chi connectivity index (χ2n) is 4.71. The van der Waals surface area contributed by atoms with Gasteiger partial charge in [0.05, 0.1) is 30.6 Å². The van der Waals surface area contributed by atoms with E-state index in [1.54, 1.807) is 24.3 Å². The number of carbonyl (C=O) groups is 2. The lowest BCUT2D eigenvalue weighted by atomic mass is 10.1. The summed E-state index contributed by atoms with van der Waals surface area (Å²) >= 11 is 6.10. The zero-order chi connectivity index (χ0) is 17.7. The Labute approximate surface area is 149 Å². The number of hydrogen-bond donors (Lipinski definition) is 0. The molecule has 0 radical (unpaired) electrons. The van der Waals surface area contributed by atoms with E-state index in [1.807, 2.05) is 13.8 Å². The SMILES string of the molecule is CCOc1ccc(/C=C2/SC(=S)N(CC(=O)[O-])C2=O)c(OCC)c1. The number of carbonyl (C=O) groups excluding carboxylic acids is 2. The van der Waals surface area contributed by atoms with Gasteiger partial charge in [-0.1, -0.05) is 24.0 Å². The van der Waals surface area contributed by atoms with Crippen LogP contribution in [0.4, 0.5) is 0 Å². The van der Waals surface area contributed by atoms with Crippen molar-refractivity contribution in [1.29, 1.82) is 0 Å². The fourth-order valence-corrected chi connectivity index (χ4v) is 3.32. The number of thiocarbonyl (C=S) groups is 1. The van der Waals surface area contributed by atoms with E-state index in [4.69, 9.17) is 21.7 Å². The van der Waals surface area contributed by atoms with Crippen molar-refractivity contribution < 1.29 is 24.2 Å². The van der Waals surface area contributed by atoms with Gasteiger partial charge in [-0.3, -0.25) is 9.69 Å². The monoisotopic (exact) mass is 366 g/mol. The third-order valence-corrected chi connectivity index (χ3v) is 4.42. The predicted octanol–water partition coefficient (Wildman–Crippen LogP) is 1.44. The number of carboxylic acids is 1. The zero-order valence-corrected chi connectivity index (χ0v) is 14.9. The highest BCUT2D eigenvalue weighted by Crippen LogP contribution is 2.35. The first-order chi connectivity index (χ1) is 11.5. The Kier molecular flexibility index (Phi) is 6.22. The van der Waals surface area contributed by atoms with Crippen LogP contribution in [-0.2, 0) is 9.59 Å². The van der Waals surface area contributed by atoms with E-state index >= 15 is 0 Å². The molecule has 24 heavy (non-hydrogen) atoms. The number of thioether (sulfide) groups is 1. The maximum Gasteiger partial charge on any atom is 0.266 e. The number of amides is 1. The molecular formula is C16H16NO5S2-. The average molecular weight is 366 g/mol. The van der Waals surface area contributed by atoms with Gasteiger partial charge in [-0.05, 0) is 32.1 Å². The molecule has 0 aliphatic carbocycles. The fraction of sp³-hybridized carbons (Fsp3) is 0.312. The third kappa shape index (κ3) is 4.27. The van der Waals surface area contributed by atoms with Gasteiger partial charge in [0.2, 0.25) is 0 Å². The molecule has 1 heterocycles. The van der Waals surface area contributed by atoms with E-state index in [2.05, 4.69) is 0 Å². The standard InChI is InChI=1S/C16H17NO5S2/c1-3-21-11-6-5-10(12(8-11)22-4-2)7-13-15(20)17(9-14(18)19)16(23)24-13/h5-8H,3-4,9H2,1-2H3,(H,18,19)/p-1/b13-7+. The molecule has 0 atom stereocenters. The molecule has 128 valence electrons. The van der Waals surface area contributed by atoms with E-state index in [9.17, 15) is 14.7 Å². The highest BCUT2D eigenvalue weighted by atomic mass is 32.2. The first-order valence-electron chi connectivity index (χ1n) is 7.31.